The first kappa shape index (κ1) is 23.3. The number of aromatic hydroxyl groups is 1. The van der Waals surface area contributed by atoms with Crippen molar-refractivity contribution < 1.29 is 51.6 Å². The molecule has 0 heterocycles. The fourth-order valence-corrected chi connectivity index (χ4v) is 1.83. The Morgan fingerprint density at radius 2 is 1.55 bits per heavy atom. The monoisotopic (exact) mass is 367 g/mol. The first-order valence-corrected chi connectivity index (χ1v) is 6.34. The van der Waals surface area contributed by atoms with E-state index in [0.29, 0.717) is 5.75 Å². The molecule has 0 unspecified atom stereocenters. The average molecular weight is 368 g/mol. The zero-order valence-electron chi connectivity index (χ0n) is 12.3. The Hall–Kier alpha value is -0.986. The summed E-state index contributed by atoms with van der Waals surface area (Å²) in [6.45, 7) is 2.06. The molecule has 0 spiro atoms. The summed E-state index contributed by atoms with van der Waals surface area (Å²) in [6.07, 6.45) is 8.33. The van der Waals surface area contributed by atoms with E-state index in [0.717, 1.165) is 17.5 Å². The molecule has 1 N–H and O–H groups in total. The van der Waals surface area contributed by atoms with Crippen LogP contribution in [-0.2, 0) is 21.7 Å². The molecule has 3 rings (SSSR count). The predicted molar refractivity (Wildman–Crippen MR) is 79.7 cm³/mol. The van der Waals surface area contributed by atoms with Crippen molar-refractivity contribution >= 4 is 0 Å². The third-order valence-corrected chi connectivity index (χ3v) is 2.82. The van der Waals surface area contributed by atoms with Gasteiger partial charge in [-0.25, -0.2) is 11.6 Å². The summed E-state index contributed by atoms with van der Waals surface area (Å²) in [4.78, 5) is 0. The molecule has 0 radical (unpaired) electrons. The zero-order valence-corrected chi connectivity index (χ0v) is 15.3. The summed E-state index contributed by atoms with van der Waals surface area (Å²) in [6, 6.07) is 17.3. The van der Waals surface area contributed by atoms with Crippen LogP contribution < -0.4 is 24.8 Å². The molecule has 0 amide bonds. The van der Waals surface area contributed by atoms with E-state index in [1.165, 1.54) is 5.57 Å². The van der Waals surface area contributed by atoms with Crippen LogP contribution >= 0.6 is 0 Å². The van der Waals surface area contributed by atoms with Gasteiger partial charge >= 0.3 is 0 Å². The maximum Gasteiger partial charge on any atom is 0.116 e. The van der Waals surface area contributed by atoms with Crippen LogP contribution in [0.4, 0.5) is 0 Å². The van der Waals surface area contributed by atoms with E-state index < -0.39 is 0 Å². The summed E-state index contributed by atoms with van der Waals surface area (Å²) in [5, 5.41) is 9.27. The van der Waals surface area contributed by atoms with Gasteiger partial charge in [-0.2, -0.15) is 6.08 Å². The third-order valence-electron chi connectivity index (χ3n) is 2.82. The summed E-state index contributed by atoms with van der Waals surface area (Å²) >= 11 is 0. The molecule has 0 saturated carbocycles. The molecule has 1 aliphatic rings. The van der Waals surface area contributed by atoms with Gasteiger partial charge in [0, 0.05) is 21.7 Å². The third kappa shape index (κ3) is 7.86. The molecule has 1 nitrogen and oxygen atoms in total. The smallest absolute Gasteiger partial charge is 0.116 e. The second-order valence-electron chi connectivity index (χ2n) is 4.38. The predicted octanol–water partition coefficient (Wildman–Crippen LogP) is -1.24. The number of benzene rings is 2. The fraction of sp³-hybridized carbons (Fsp3) is 0.111. The van der Waals surface area contributed by atoms with E-state index in [1.54, 1.807) is 12.1 Å². The molecule has 22 heavy (non-hydrogen) atoms. The van der Waals surface area contributed by atoms with Crippen LogP contribution in [0.25, 0.3) is 11.1 Å². The molecule has 0 aliphatic heterocycles. The van der Waals surface area contributed by atoms with Crippen molar-refractivity contribution in [3.05, 3.63) is 78.4 Å². The van der Waals surface area contributed by atoms with Gasteiger partial charge in [0.25, 0.3) is 0 Å². The number of halogens is 2. The number of phenols is 1. The van der Waals surface area contributed by atoms with Crippen LogP contribution in [0.1, 0.15) is 13.3 Å². The van der Waals surface area contributed by atoms with Gasteiger partial charge in [-0.05, 0) is 23.3 Å². The molecule has 116 valence electrons. The van der Waals surface area contributed by atoms with Crippen LogP contribution in [-0.4, -0.2) is 5.11 Å². The van der Waals surface area contributed by atoms with Gasteiger partial charge in [-0.3, -0.25) is 6.08 Å². The van der Waals surface area contributed by atoms with Crippen molar-refractivity contribution in [2.45, 2.75) is 13.3 Å². The van der Waals surface area contributed by atoms with E-state index in [-0.39, 0.29) is 46.5 Å². The van der Waals surface area contributed by atoms with Crippen molar-refractivity contribution in [1.82, 2.24) is 0 Å². The average Bonchev–Trinajstić information content (AvgIpc) is 2.92. The van der Waals surface area contributed by atoms with Crippen molar-refractivity contribution in [2.24, 2.45) is 0 Å². The normalized spacial score (nSPS) is 10.9. The van der Waals surface area contributed by atoms with Gasteiger partial charge in [-0.15, -0.1) is 6.42 Å². The molecular weight excluding hydrogens is 351 g/mol. The van der Waals surface area contributed by atoms with Gasteiger partial charge in [-0.1, -0.05) is 49.4 Å². The Morgan fingerprint density at radius 1 is 0.909 bits per heavy atom. The largest absolute Gasteiger partial charge is 1.00 e. The summed E-state index contributed by atoms with van der Waals surface area (Å²) in [5.41, 5.74) is 3.44. The van der Waals surface area contributed by atoms with E-state index in [4.69, 9.17) is 0 Å². The molecule has 0 bridgehead atoms. The van der Waals surface area contributed by atoms with Crippen LogP contribution in [0.5, 0.6) is 5.75 Å². The van der Waals surface area contributed by atoms with Crippen LogP contribution in [0.3, 0.4) is 0 Å². The van der Waals surface area contributed by atoms with Gasteiger partial charge in [0.1, 0.15) is 5.75 Å². The Morgan fingerprint density at radius 3 is 2.00 bits per heavy atom. The van der Waals surface area contributed by atoms with E-state index in [9.17, 15) is 5.11 Å². The van der Waals surface area contributed by atoms with Crippen LogP contribution in [0.2, 0.25) is 0 Å². The molecule has 1 aliphatic carbocycles. The molecule has 0 atom stereocenters. The van der Waals surface area contributed by atoms with Crippen molar-refractivity contribution in [3.63, 3.8) is 0 Å². The summed E-state index contributed by atoms with van der Waals surface area (Å²) in [5.74, 6) is 0.307. The minimum absolute atomic E-state index is 0. The summed E-state index contributed by atoms with van der Waals surface area (Å²) in [7, 11) is 0. The first-order chi connectivity index (χ1) is 9.25. The maximum absolute atomic E-state index is 9.27. The van der Waals surface area contributed by atoms with E-state index in [1.807, 2.05) is 42.5 Å². The second-order valence-corrected chi connectivity index (χ2v) is 4.38. The Labute approximate surface area is 159 Å². The standard InChI is InChI=1S/C12H10O.C6H7.2ClH.Ti/c13-12-8-4-7-11(9-12)10-5-2-1-3-6-10;1-6-4-2-3-5-6;;;/h1-9,13H;2,4H,3H2,1H3;2*1H;/q;-1;;;/p-2. The molecule has 4 heteroatoms. The second kappa shape index (κ2) is 12.5. The molecular formula is C18H17Cl2OTi-3. The van der Waals surface area contributed by atoms with Crippen molar-refractivity contribution in [2.75, 3.05) is 0 Å². The Kier molecular flexibility index (Phi) is 13.3. The Bertz CT molecular complexity index is 592. The molecule has 2 aromatic rings. The van der Waals surface area contributed by atoms with E-state index in [2.05, 4.69) is 25.2 Å². The van der Waals surface area contributed by atoms with Crippen LogP contribution in [0.15, 0.2) is 72.3 Å². The minimum Gasteiger partial charge on any atom is -1.00 e. The number of phenolic OH excluding ortho intramolecular Hbond substituents is 1. The number of hydrogen-bond donors (Lipinski definition) is 1. The first-order valence-electron chi connectivity index (χ1n) is 6.34. The number of rotatable bonds is 1. The van der Waals surface area contributed by atoms with Crippen LogP contribution in [0, 0.1) is 6.08 Å². The molecule has 2 aromatic carbocycles. The van der Waals surface area contributed by atoms with Gasteiger partial charge in [0.2, 0.25) is 0 Å². The van der Waals surface area contributed by atoms with Gasteiger partial charge < -0.3 is 29.9 Å². The zero-order chi connectivity index (χ0) is 13.5. The Balaban J connectivity index is 0. The summed E-state index contributed by atoms with van der Waals surface area (Å²) < 4.78 is 0. The van der Waals surface area contributed by atoms with Gasteiger partial charge in [0.05, 0.1) is 0 Å². The fourth-order valence-electron chi connectivity index (χ4n) is 1.83. The molecule has 0 aromatic heterocycles. The van der Waals surface area contributed by atoms with Crippen molar-refractivity contribution in [3.8, 4) is 16.9 Å². The topological polar surface area (TPSA) is 20.2 Å². The minimum atomic E-state index is 0. The number of hydrogen-bond acceptors (Lipinski definition) is 1. The van der Waals surface area contributed by atoms with Crippen molar-refractivity contribution in [1.29, 1.82) is 0 Å². The number of allylic oxidation sites excluding steroid dienone is 4. The van der Waals surface area contributed by atoms with Gasteiger partial charge in [0.15, 0.2) is 0 Å². The quantitative estimate of drug-likeness (QED) is 0.494. The molecule has 0 saturated heterocycles. The maximum atomic E-state index is 9.27. The molecule has 0 fully saturated rings. The van der Waals surface area contributed by atoms with E-state index >= 15 is 0 Å². The SMILES string of the molecule is CC1=[C-]CC=C1.Oc1cccc(-c2ccccc2)c1.[Cl-].[Cl-].[Ti].